The maximum Gasteiger partial charge on any atom is 0.324 e. The van der Waals surface area contributed by atoms with Gasteiger partial charge in [0.15, 0.2) is 0 Å². The largest absolute Gasteiger partial charge is 0.337 e. The van der Waals surface area contributed by atoms with Gasteiger partial charge in [-0.2, -0.15) is 0 Å². The van der Waals surface area contributed by atoms with E-state index in [4.69, 9.17) is 5.14 Å². The van der Waals surface area contributed by atoms with Crippen LogP contribution in [0, 0.1) is 11.8 Å². The zero-order valence-electron chi connectivity index (χ0n) is 13.9. The van der Waals surface area contributed by atoms with Gasteiger partial charge in [0, 0.05) is 19.0 Å². The van der Waals surface area contributed by atoms with E-state index in [1.807, 2.05) is 13.8 Å². The summed E-state index contributed by atoms with van der Waals surface area (Å²) in [4.78, 5) is 25.6. The summed E-state index contributed by atoms with van der Waals surface area (Å²) in [5.74, 6) is -0.0134. The number of sulfonamides is 1. The molecule has 2 rings (SSSR count). The van der Waals surface area contributed by atoms with Crippen LogP contribution < -0.4 is 10.5 Å². The zero-order chi connectivity index (χ0) is 17.9. The van der Waals surface area contributed by atoms with Gasteiger partial charge in [-0.3, -0.25) is 9.69 Å². The quantitative estimate of drug-likeness (QED) is 0.825. The number of likely N-dealkylation sites (tertiary alicyclic amines) is 1. The predicted octanol–water partition coefficient (Wildman–Crippen LogP) is 1.09. The second kappa shape index (κ2) is 7.31. The fourth-order valence-corrected chi connectivity index (χ4v) is 3.48. The van der Waals surface area contributed by atoms with E-state index in [0.29, 0.717) is 19.5 Å². The Hall–Kier alpha value is -1.93. The lowest BCUT2D eigenvalue weighted by Gasteiger charge is -2.15. The normalized spacial score (nSPS) is 21.1. The molecule has 1 aliphatic heterocycles. The number of nitrogens with two attached hydrogens (primary N) is 1. The number of carbonyl (C=O) groups is 2. The van der Waals surface area contributed by atoms with Crippen molar-refractivity contribution in [2.75, 3.05) is 13.1 Å². The smallest absolute Gasteiger partial charge is 0.324 e. The van der Waals surface area contributed by atoms with E-state index in [1.165, 1.54) is 17.0 Å². The van der Waals surface area contributed by atoms with Crippen LogP contribution in [0.5, 0.6) is 0 Å². The Balaban J connectivity index is 1.86. The Labute approximate surface area is 142 Å². The molecule has 1 saturated heterocycles. The Morgan fingerprint density at radius 3 is 2.46 bits per heavy atom. The van der Waals surface area contributed by atoms with Crippen molar-refractivity contribution in [2.24, 2.45) is 17.0 Å². The SMILES string of the molecule is CCC1C(=O)N(C(=O)NCCc2ccc(S(N)(=O)=O)cc2)CC1C. The van der Waals surface area contributed by atoms with Gasteiger partial charge in [-0.15, -0.1) is 0 Å². The van der Waals surface area contributed by atoms with Crippen molar-refractivity contribution in [3.05, 3.63) is 29.8 Å². The molecule has 2 unspecified atom stereocenters. The molecule has 0 spiro atoms. The number of hydrogen-bond donors (Lipinski definition) is 2. The minimum atomic E-state index is -3.70. The fourth-order valence-electron chi connectivity index (χ4n) is 2.96. The van der Waals surface area contributed by atoms with Gasteiger partial charge in [0.1, 0.15) is 0 Å². The molecule has 0 aliphatic carbocycles. The van der Waals surface area contributed by atoms with Crippen LogP contribution in [-0.2, 0) is 21.2 Å². The van der Waals surface area contributed by atoms with Gasteiger partial charge in [0.05, 0.1) is 4.90 Å². The first-order chi connectivity index (χ1) is 11.2. The van der Waals surface area contributed by atoms with Gasteiger partial charge >= 0.3 is 6.03 Å². The van der Waals surface area contributed by atoms with Gasteiger partial charge in [-0.1, -0.05) is 26.0 Å². The standard InChI is InChI=1S/C16H23N3O4S/c1-3-14-11(2)10-19(15(14)20)16(21)18-9-8-12-4-6-13(7-5-12)24(17,22)23/h4-7,11,14H,3,8-10H2,1-2H3,(H,18,21)(H2,17,22,23). The lowest BCUT2D eigenvalue weighted by Crippen LogP contribution is -2.42. The van der Waals surface area contributed by atoms with E-state index in [9.17, 15) is 18.0 Å². The summed E-state index contributed by atoms with van der Waals surface area (Å²) >= 11 is 0. The molecule has 0 radical (unpaired) electrons. The number of benzene rings is 1. The monoisotopic (exact) mass is 353 g/mol. The average Bonchev–Trinajstić information content (AvgIpc) is 2.81. The van der Waals surface area contributed by atoms with Crippen molar-refractivity contribution in [1.29, 1.82) is 0 Å². The molecule has 1 aromatic carbocycles. The lowest BCUT2D eigenvalue weighted by molar-refractivity contribution is -0.128. The lowest BCUT2D eigenvalue weighted by atomic mass is 9.95. The van der Waals surface area contributed by atoms with E-state index >= 15 is 0 Å². The fraction of sp³-hybridized carbons (Fsp3) is 0.500. The number of nitrogens with one attached hydrogen (secondary N) is 1. The van der Waals surface area contributed by atoms with Crippen molar-refractivity contribution in [3.8, 4) is 0 Å². The van der Waals surface area contributed by atoms with Crippen molar-refractivity contribution in [1.82, 2.24) is 10.2 Å². The third-order valence-electron chi connectivity index (χ3n) is 4.37. The molecule has 0 saturated carbocycles. The molecule has 2 atom stereocenters. The van der Waals surface area contributed by atoms with Crippen molar-refractivity contribution in [2.45, 2.75) is 31.6 Å². The number of carbonyl (C=O) groups excluding carboxylic acids is 2. The number of hydrogen-bond acceptors (Lipinski definition) is 4. The summed E-state index contributed by atoms with van der Waals surface area (Å²) < 4.78 is 22.4. The van der Waals surface area contributed by atoms with Gasteiger partial charge in [0.25, 0.3) is 0 Å². The summed E-state index contributed by atoms with van der Waals surface area (Å²) in [6, 6.07) is 5.81. The van der Waals surface area contributed by atoms with E-state index in [1.54, 1.807) is 12.1 Å². The number of rotatable bonds is 5. The van der Waals surface area contributed by atoms with Gasteiger partial charge < -0.3 is 5.32 Å². The molecule has 0 bridgehead atoms. The first kappa shape index (κ1) is 18.4. The van der Waals surface area contributed by atoms with E-state index in [0.717, 1.165) is 12.0 Å². The minimum absolute atomic E-state index is 0.0533. The van der Waals surface area contributed by atoms with Crippen LogP contribution >= 0.6 is 0 Å². The molecule has 1 heterocycles. The molecule has 0 aromatic heterocycles. The van der Waals surface area contributed by atoms with E-state index in [2.05, 4.69) is 5.32 Å². The average molecular weight is 353 g/mol. The number of imide groups is 1. The molecule has 1 aromatic rings. The maximum atomic E-state index is 12.1. The molecule has 3 amide bonds. The molecular formula is C16H23N3O4S. The highest BCUT2D eigenvalue weighted by atomic mass is 32.2. The van der Waals surface area contributed by atoms with Gasteiger partial charge in [-0.25, -0.2) is 18.4 Å². The van der Waals surface area contributed by atoms with Crippen LogP contribution in [0.15, 0.2) is 29.2 Å². The van der Waals surface area contributed by atoms with Crippen LogP contribution in [-0.4, -0.2) is 38.3 Å². The Morgan fingerprint density at radius 1 is 1.33 bits per heavy atom. The summed E-state index contributed by atoms with van der Waals surface area (Å²) in [7, 11) is -3.70. The Morgan fingerprint density at radius 2 is 1.96 bits per heavy atom. The first-order valence-corrected chi connectivity index (χ1v) is 9.49. The minimum Gasteiger partial charge on any atom is -0.337 e. The first-order valence-electron chi connectivity index (χ1n) is 7.95. The summed E-state index contributed by atoms with van der Waals surface area (Å²) in [5.41, 5.74) is 0.871. The molecule has 1 fully saturated rings. The molecule has 132 valence electrons. The van der Waals surface area contributed by atoms with Crippen LogP contribution in [0.2, 0.25) is 0 Å². The van der Waals surface area contributed by atoms with Crippen molar-refractivity contribution < 1.29 is 18.0 Å². The third-order valence-corrected chi connectivity index (χ3v) is 5.30. The number of amides is 3. The third kappa shape index (κ3) is 4.12. The highest BCUT2D eigenvalue weighted by Gasteiger charge is 2.39. The van der Waals surface area contributed by atoms with Crippen LogP contribution in [0.25, 0.3) is 0 Å². The molecule has 7 nitrogen and oxygen atoms in total. The Bertz CT molecular complexity index is 715. The molecule has 1 aliphatic rings. The highest BCUT2D eigenvalue weighted by Crippen LogP contribution is 2.26. The highest BCUT2D eigenvalue weighted by molar-refractivity contribution is 7.89. The number of urea groups is 1. The summed E-state index contributed by atoms with van der Waals surface area (Å²) in [5, 5.41) is 7.78. The Kier molecular flexibility index (Phi) is 5.61. The summed E-state index contributed by atoms with van der Waals surface area (Å²) in [6.07, 6.45) is 1.27. The van der Waals surface area contributed by atoms with Gasteiger partial charge in [0.2, 0.25) is 15.9 Å². The van der Waals surface area contributed by atoms with E-state index < -0.39 is 10.0 Å². The van der Waals surface area contributed by atoms with E-state index in [-0.39, 0.29) is 28.7 Å². The second-order valence-corrected chi connectivity index (χ2v) is 7.67. The number of nitrogens with zero attached hydrogens (tertiary/aromatic N) is 1. The molecule has 3 N–H and O–H groups in total. The molecular weight excluding hydrogens is 330 g/mol. The summed E-state index contributed by atoms with van der Waals surface area (Å²) in [6.45, 7) is 4.74. The van der Waals surface area contributed by atoms with Crippen LogP contribution in [0.1, 0.15) is 25.8 Å². The maximum absolute atomic E-state index is 12.1. The van der Waals surface area contributed by atoms with Crippen molar-refractivity contribution >= 4 is 22.0 Å². The van der Waals surface area contributed by atoms with Crippen LogP contribution in [0.3, 0.4) is 0 Å². The topological polar surface area (TPSA) is 110 Å². The zero-order valence-corrected chi connectivity index (χ0v) is 14.7. The second-order valence-electron chi connectivity index (χ2n) is 6.11. The molecule has 24 heavy (non-hydrogen) atoms. The van der Waals surface area contributed by atoms with Gasteiger partial charge in [-0.05, 0) is 36.5 Å². The number of primary sulfonamides is 1. The van der Waals surface area contributed by atoms with Crippen molar-refractivity contribution in [3.63, 3.8) is 0 Å². The predicted molar refractivity (Wildman–Crippen MR) is 89.6 cm³/mol. The molecule has 8 heteroatoms. The van der Waals surface area contributed by atoms with Crippen LogP contribution in [0.4, 0.5) is 4.79 Å².